The third kappa shape index (κ3) is 3.61. The van der Waals surface area contributed by atoms with Crippen LogP contribution in [0.3, 0.4) is 0 Å². The zero-order chi connectivity index (χ0) is 13.8. The maximum absolute atomic E-state index is 11.9. The van der Waals surface area contributed by atoms with Crippen molar-refractivity contribution < 1.29 is 4.79 Å². The number of carbonyl (C=O) groups is 1. The van der Waals surface area contributed by atoms with Crippen molar-refractivity contribution in [3.63, 3.8) is 0 Å². The minimum Gasteiger partial charge on any atom is -0.352 e. The summed E-state index contributed by atoms with van der Waals surface area (Å²) in [5.74, 6) is 0.154. The molecule has 0 unspecified atom stereocenters. The van der Waals surface area contributed by atoms with Crippen LogP contribution in [0.25, 0.3) is 0 Å². The SMILES string of the molecule is O=C(CNCc1cc2c(s1)CCC2)NC1CCCCC1. The van der Waals surface area contributed by atoms with Crippen molar-refractivity contribution in [2.45, 2.75) is 64.0 Å². The van der Waals surface area contributed by atoms with Gasteiger partial charge in [-0.3, -0.25) is 4.79 Å². The van der Waals surface area contributed by atoms with E-state index in [4.69, 9.17) is 0 Å². The summed E-state index contributed by atoms with van der Waals surface area (Å²) in [4.78, 5) is 14.8. The molecule has 110 valence electrons. The summed E-state index contributed by atoms with van der Waals surface area (Å²) in [6.45, 7) is 1.27. The first kappa shape index (κ1) is 14.1. The van der Waals surface area contributed by atoms with Gasteiger partial charge in [-0.25, -0.2) is 0 Å². The molecule has 1 saturated carbocycles. The zero-order valence-corrected chi connectivity index (χ0v) is 12.9. The Morgan fingerprint density at radius 2 is 2.05 bits per heavy atom. The van der Waals surface area contributed by atoms with Gasteiger partial charge in [-0.15, -0.1) is 11.3 Å². The van der Waals surface area contributed by atoms with Crippen LogP contribution in [0.5, 0.6) is 0 Å². The van der Waals surface area contributed by atoms with Gasteiger partial charge in [0, 0.05) is 22.3 Å². The van der Waals surface area contributed by atoms with Crippen LogP contribution in [-0.2, 0) is 24.2 Å². The second-order valence-electron chi connectivity index (χ2n) is 6.02. The van der Waals surface area contributed by atoms with Crippen LogP contribution in [0.1, 0.15) is 53.8 Å². The van der Waals surface area contributed by atoms with Crippen molar-refractivity contribution in [1.82, 2.24) is 10.6 Å². The second kappa shape index (κ2) is 6.72. The Balaban J connectivity index is 1.37. The second-order valence-corrected chi connectivity index (χ2v) is 7.24. The highest BCUT2D eigenvalue weighted by atomic mass is 32.1. The van der Waals surface area contributed by atoms with Crippen LogP contribution in [0, 0.1) is 0 Å². The molecule has 0 aromatic carbocycles. The highest BCUT2D eigenvalue weighted by molar-refractivity contribution is 7.12. The fourth-order valence-corrected chi connectivity index (χ4v) is 4.53. The normalized spacial score (nSPS) is 19.0. The lowest BCUT2D eigenvalue weighted by molar-refractivity contribution is -0.121. The Morgan fingerprint density at radius 3 is 2.85 bits per heavy atom. The van der Waals surface area contributed by atoms with Crippen LogP contribution in [0.15, 0.2) is 6.07 Å². The summed E-state index contributed by atoms with van der Waals surface area (Å²) in [5.41, 5.74) is 1.54. The van der Waals surface area contributed by atoms with Gasteiger partial charge in [-0.05, 0) is 43.7 Å². The predicted molar refractivity (Wildman–Crippen MR) is 83.1 cm³/mol. The van der Waals surface area contributed by atoms with Crippen LogP contribution in [-0.4, -0.2) is 18.5 Å². The van der Waals surface area contributed by atoms with Crippen LogP contribution in [0.4, 0.5) is 0 Å². The number of amides is 1. The van der Waals surface area contributed by atoms with Crippen LogP contribution in [0.2, 0.25) is 0 Å². The number of nitrogens with one attached hydrogen (secondary N) is 2. The number of rotatable bonds is 5. The summed E-state index contributed by atoms with van der Waals surface area (Å²) >= 11 is 1.92. The third-order valence-corrected chi connectivity index (χ3v) is 5.59. The highest BCUT2D eigenvalue weighted by Gasteiger charge is 2.16. The smallest absolute Gasteiger partial charge is 0.234 e. The number of carbonyl (C=O) groups excluding carboxylic acids is 1. The van der Waals surface area contributed by atoms with Crippen LogP contribution < -0.4 is 10.6 Å². The average molecular weight is 292 g/mol. The lowest BCUT2D eigenvalue weighted by Crippen LogP contribution is -2.41. The molecule has 3 rings (SSSR count). The van der Waals surface area contributed by atoms with E-state index in [1.165, 1.54) is 43.4 Å². The van der Waals surface area contributed by atoms with Gasteiger partial charge >= 0.3 is 0 Å². The van der Waals surface area contributed by atoms with Crippen molar-refractivity contribution in [2.75, 3.05) is 6.54 Å². The number of hydrogen-bond acceptors (Lipinski definition) is 3. The van der Waals surface area contributed by atoms with Gasteiger partial charge in [0.2, 0.25) is 5.91 Å². The molecule has 1 aromatic heterocycles. The largest absolute Gasteiger partial charge is 0.352 e. The molecule has 2 aliphatic rings. The first-order valence-corrected chi connectivity index (χ1v) is 8.73. The van der Waals surface area contributed by atoms with E-state index in [1.807, 2.05) is 11.3 Å². The van der Waals surface area contributed by atoms with Gasteiger partial charge in [-0.1, -0.05) is 19.3 Å². The number of hydrogen-bond donors (Lipinski definition) is 2. The molecule has 0 saturated heterocycles. The molecule has 0 aliphatic heterocycles. The quantitative estimate of drug-likeness (QED) is 0.876. The summed E-state index contributed by atoms with van der Waals surface area (Å²) in [6.07, 6.45) is 9.98. The summed E-state index contributed by atoms with van der Waals surface area (Å²) in [7, 11) is 0. The summed E-state index contributed by atoms with van der Waals surface area (Å²) in [5, 5.41) is 6.42. The van der Waals surface area contributed by atoms with E-state index in [0.29, 0.717) is 12.6 Å². The zero-order valence-electron chi connectivity index (χ0n) is 12.0. The molecular formula is C16H24N2OS. The molecule has 2 aliphatic carbocycles. The van der Waals surface area contributed by atoms with Gasteiger partial charge in [0.25, 0.3) is 0 Å². The highest BCUT2D eigenvalue weighted by Crippen LogP contribution is 2.30. The van der Waals surface area contributed by atoms with Crippen molar-refractivity contribution in [3.05, 3.63) is 21.4 Å². The average Bonchev–Trinajstić information content (AvgIpc) is 3.01. The maximum atomic E-state index is 11.9. The molecule has 20 heavy (non-hydrogen) atoms. The van der Waals surface area contributed by atoms with Gasteiger partial charge in [-0.2, -0.15) is 0 Å². The molecule has 0 spiro atoms. The van der Waals surface area contributed by atoms with E-state index in [-0.39, 0.29) is 5.91 Å². The maximum Gasteiger partial charge on any atom is 0.234 e. The Labute approximate surface area is 125 Å². The Morgan fingerprint density at radius 1 is 1.20 bits per heavy atom. The molecule has 3 nitrogen and oxygen atoms in total. The van der Waals surface area contributed by atoms with Crippen molar-refractivity contribution in [1.29, 1.82) is 0 Å². The molecule has 1 amide bonds. The Kier molecular flexibility index (Phi) is 4.73. The van der Waals surface area contributed by atoms with Crippen LogP contribution >= 0.6 is 11.3 Å². The molecule has 0 bridgehead atoms. The fraction of sp³-hybridized carbons (Fsp3) is 0.688. The van der Waals surface area contributed by atoms with E-state index in [2.05, 4.69) is 16.7 Å². The topological polar surface area (TPSA) is 41.1 Å². The third-order valence-electron chi connectivity index (χ3n) is 4.35. The molecule has 1 fully saturated rings. The first-order valence-electron chi connectivity index (χ1n) is 7.92. The minimum atomic E-state index is 0.154. The van der Waals surface area contributed by atoms with Gasteiger partial charge in [0.1, 0.15) is 0 Å². The molecule has 0 atom stereocenters. The molecular weight excluding hydrogens is 268 g/mol. The predicted octanol–water partition coefficient (Wildman–Crippen LogP) is 2.78. The van der Waals surface area contributed by atoms with Crippen molar-refractivity contribution in [3.8, 4) is 0 Å². The number of fused-ring (bicyclic) bond motifs is 1. The summed E-state index contributed by atoms with van der Waals surface area (Å²) < 4.78 is 0. The molecule has 2 N–H and O–H groups in total. The van der Waals surface area contributed by atoms with E-state index in [0.717, 1.165) is 19.4 Å². The van der Waals surface area contributed by atoms with E-state index in [9.17, 15) is 4.79 Å². The number of aryl methyl sites for hydroxylation is 2. The van der Waals surface area contributed by atoms with Gasteiger partial charge in [0.05, 0.1) is 6.54 Å². The lowest BCUT2D eigenvalue weighted by atomic mass is 9.95. The Hall–Kier alpha value is -0.870. The lowest BCUT2D eigenvalue weighted by Gasteiger charge is -2.22. The van der Waals surface area contributed by atoms with Gasteiger partial charge in [0.15, 0.2) is 0 Å². The first-order chi connectivity index (χ1) is 9.81. The molecule has 0 radical (unpaired) electrons. The van der Waals surface area contributed by atoms with E-state index < -0.39 is 0 Å². The minimum absolute atomic E-state index is 0.154. The molecule has 1 heterocycles. The van der Waals surface area contributed by atoms with Gasteiger partial charge < -0.3 is 10.6 Å². The van der Waals surface area contributed by atoms with Crippen molar-refractivity contribution in [2.24, 2.45) is 0 Å². The van der Waals surface area contributed by atoms with E-state index >= 15 is 0 Å². The summed E-state index contributed by atoms with van der Waals surface area (Å²) in [6, 6.07) is 2.74. The fourth-order valence-electron chi connectivity index (χ4n) is 3.30. The standard InChI is InChI=1S/C16H24N2OS/c19-16(18-13-6-2-1-3-7-13)11-17-10-14-9-12-5-4-8-15(12)20-14/h9,13,17H,1-8,10-11H2,(H,18,19). The van der Waals surface area contributed by atoms with Crippen molar-refractivity contribution >= 4 is 17.2 Å². The Bertz CT molecular complexity index is 442. The monoisotopic (exact) mass is 292 g/mol. The van der Waals surface area contributed by atoms with E-state index in [1.54, 1.807) is 10.4 Å². The number of thiophene rings is 1. The molecule has 4 heteroatoms. The molecule has 1 aromatic rings.